The van der Waals surface area contributed by atoms with Gasteiger partial charge >= 0.3 is 0 Å². The summed E-state index contributed by atoms with van der Waals surface area (Å²) in [4.78, 5) is 15.1. The minimum absolute atomic E-state index is 0.145. The Bertz CT molecular complexity index is 600. The topological polar surface area (TPSA) is 67.1 Å². The van der Waals surface area contributed by atoms with E-state index in [0.717, 1.165) is 42.2 Å². The van der Waals surface area contributed by atoms with Crippen molar-refractivity contribution >= 4 is 21.9 Å². The molecule has 3 rings (SSSR count). The molecule has 1 aliphatic rings. The van der Waals surface area contributed by atoms with E-state index in [-0.39, 0.29) is 5.92 Å². The van der Waals surface area contributed by atoms with E-state index in [1.54, 1.807) is 18.6 Å². The van der Waals surface area contributed by atoms with Crippen molar-refractivity contribution in [1.29, 1.82) is 0 Å². The number of anilines is 1. The maximum Gasteiger partial charge on any atom is 0.225 e. The van der Waals surface area contributed by atoms with E-state index >= 15 is 0 Å². The highest BCUT2D eigenvalue weighted by molar-refractivity contribution is 9.10. The van der Waals surface area contributed by atoms with Gasteiger partial charge in [-0.2, -0.15) is 0 Å². The van der Waals surface area contributed by atoms with Gasteiger partial charge in [0.2, 0.25) is 5.95 Å². The molecule has 2 aromatic heterocycles. The predicted octanol–water partition coefficient (Wildman–Crippen LogP) is 1.92. The molecule has 21 heavy (non-hydrogen) atoms. The first-order chi connectivity index (χ1) is 10.1. The molecule has 0 bridgehead atoms. The van der Waals surface area contributed by atoms with Crippen molar-refractivity contribution in [3.05, 3.63) is 35.1 Å². The molecular formula is C14H18BrN5O. The maximum absolute atomic E-state index is 10.6. The number of hydrogen-bond donors (Lipinski definition) is 1. The molecule has 0 aliphatic carbocycles. The quantitative estimate of drug-likeness (QED) is 0.914. The zero-order valence-electron chi connectivity index (χ0n) is 11.9. The standard InChI is InChI=1S/C14H18BrN5O/c1-19-6-4-16-13(19)12(21)10-3-2-5-20(9-10)14-17-7-11(15)8-18-14/h4,6-8,10,12,21H,2-3,5,9H2,1H3. The van der Waals surface area contributed by atoms with Crippen LogP contribution in [0.3, 0.4) is 0 Å². The Labute approximate surface area is 132 Å². The van der Waals surface area contributed by atoms with Gasteiger partial charge in [0.25, 0.3) is 0 Å². The summed E-state index contributed by atoms with van der Waals surface area (Å²) in [5, 5.41) is 10.6. The average Bonchev–Trinajstić information content (AvgIpc) is 2.93. The molecule has 112 valence electrons. The Morgan fingerprint density at radius 3 is 2.76 bits per heavy atom. The Balaban J connectivity index is 1.74. The summed E-state index contributed by atoms with van der Waals surface area (Å²) in [6.45, 7) is 1.67. The van der Waals surface area contributed by atoms with Crippen LogP contribution in [0.2, 0.25) is 0 Å². The summed E-state index contributed by atoms with van der Waals surface area (Å²) in [6, 6.07) is 0. The van der Waals surface area contributed by atoms with Crippen molar-refractivity contribution in [2.75, 3.05) is 18.0 Å². The van der Waals surface area contributed by atoms with Crippen LogP contribution < -0.4 is 4.90 Å². The summed E-state index contributed by atoms with van der Waals surface area (Å²) in [6.07, 6.45) is 8.53. The Hall–Kier alpha value is -1.47. The zero-order chi connectivity index (χ0) is 14.8. The smallest absolute Gasteiger partial charge is 0.225 e. The molecule has 0 spiro atoms. The first-order valence-corrected chi connectivity index (χ1v) is 7.82. The molecule has 0 radical (unpaired) electrons. The van der Waals surface area contributed by atoms with Crippen LogP contribution in [0.5, 0.6) is 0 Å². The molecular weight excluding hydrogens is 334 g/mol. The van der Waals surface area contributed by atoms with Crippen LogP contribution in [0.1, 0.15) is 24.8 Å². The molecule has 0 aromatic carbocycles. The SMILES string of the molecule is Cn1ccnc1C(O)C1CCCN(c2ncc(Br)cn2)C1. The van der Waals surface area contributed by atoms with E-state index in [9.17, 15) is 5.11 Å². The van der Waals surface area contributed by atoms with Crippen LogP contribution in [0.4, 0.5) is 5.95 Å². The summed E-state index contributed by atoms with van der Waals surface area (Å²) in [7, 11) is 1.91. The third-order valence-electron chi connectivity index (χ3n) is 3.92. The van der Waals surface area contributed by atoms with Gasteiger partial charge in [-0.1, -0.05) is 0 Å². The van der Waals surface area contributed by atoms with Crippen molar-refractivity contribution in [2.24, 2.45) is 13.0 Å². The monoisotopic (exact) mass is 351 g/mol. The number of aliphatic hydroxyl groups is 1. The number of rotatable bonds is 3. The highest BCUT2D eigenvalue weighted by Crippen LogP contribution is 2.30. The van der Waals surface area contributed by atoms with Gasteiger partial charge in [0.1, 0.15) is 11.9 Å². The van der Waals surface area contributed by atoms with E-state index in [1.807, 2.05) is 17.8 Å². The lowest BCUT2D eigenvalue weighted by Crippen LogP contribution is -2.39. The Morgan fingerprint density at radius 1 is 1.33 bits per heavy atom. The summed E-state index contributed by atoms with van der Waals surface area (Å²) >= 11 is 3.34. The zero-order valence-corrected chi connectivity index (χ0v) is 13.4. The van der Waals surface area contributed by atoms with Crippen molar-refractivity contribution < 1.29 is 5.11 Å². The first-order valence-electron chi connectivity index (χ1n) is 7.03. The van der Waals surface area contributed by atoms with Crippen molar-refractivity contribution in [3.63, 3.8) is 0 Å². The normalized spacial score (nSPS) is 20.5. The van der Waals surface area contributed by atoms with E-state index in [0.29, 0.717) is 0 Å². The second kappa shape index (κ2) is 6.11. The number of imidazole rings is 1. The lowest BCUT2D eigenvalue weighted by molar-refractivity contribution is 0.0872. The molecule has 0 saturated carbocycles. The van der Waals surface area contributed by atoms with Gasteiger partial charge in [-0.05, 0) is 28.8 Å². The minimum Gasteiger partial charge on any atom is -0.385 e. The van der Waals surface area contributed by atoms with Crippen LogP contribution in [-0.4, -0.2) is 37.7 Å². The number of halogens is 1. The fourth-order valence-corrected chi connectivity index (χ4v) is 3.00. The van der Waals surface area contributed by atoms with Crippen LogP contribution in [0.25, 0.3) is 0 Å². The number of aromatic nitrogens is 4. The van der Waals surface area contributed by atoms with Gasteiger partial charge in [-0.25, -0.2) is 15.0 Å². The third kappa shape index (κ3) is 3.08. The van der Waals surface area contributed by atoms with Crippen LogP contribution >= 0.6 is 15.9 Å². The molecule has 0 amide bonds. The molecule has 2 atom stereocenters. The Morgan fingerprint density at radius 2 is 2.10 bits per heavy atom. The minimum atomic E-state index is -0.553. The number of nitrogens with zero attached hydrogens (tertiary/aromatic N) is 5. The van der Waals surface area contributed by atoms with Gasteiger partial charge in [0, 0.05) is 50.8 Å². The molecule has 6 nitrogen and oxygen atoms in total. The molecule has 1 aliphatic heterocycles. The highest BCUT2D eigenvalue weighted by atomic mass is 79.9. The van der Waals surface area contributed by atoms with Crippen molar-refractivity contribution in [1.82, 2.24) is 19.5 Å². The van der Waals surface area contributed by atoms with Gasteiger partial charge in [-0.15, -0.1) is 0 Å². The molecule has 2 unspecified atom stereocenters. The van der Waals surface area contributed by atoms with Crippen LogP contribution in [0, 0.1) is 5.92 Å². The molecule has 2 aromatic rings. The summed E-state index contributed by atoms with van der Waals surface area (Å²) in [5.74, 6) is 1.58. The number of aryl methyl sites for hydroxylation is 1. The molecule has 1 saturated heterocycles. The van der Waals surface area contributed by atoms with Gasteiger partial charge in [-0.3, -0.25) is 0 Å². The van der Waals surface area contributed by atoms with E-state index in [1.165, 1.54) is 0 Å². The van der Waals surface area contributed by atoms with Gasteiger partial charge in [0.05, 0.1) is 4.47 Å². The van der Waals surface area contributed by atoms with Crippen molar-refractivity contribution in [3.8, 4) is 0 Å². The van der Waals surface area contributed by atoms with Gasteiger partial charge in [0.15, 0.2) is 0 Å². The van der Waals surface area contributed by atoms with Gasteiger partial charge < -0.3 is 14.6 Å². The molecule has 1 N–H and O–H groups in total. The highest BCUT2D eigenvalue weighted by Gasteiger charge is 2.30. The lowest BCUT2D eigenvalue weighted by atomic mass is 9.92. The number of aliphatic hydroxyl groups excluding tert-OH is 1. The predicted molar refractivity (Wildman–Crippen MR) is 82.8 cm³/mol. The van der Waals surface area contributed by atoms with Crippen LogP contribution in [0.15, 0.2) is 29.3 Å². The number of piperidine rings is 1. The first kappa shape index (κ1) is 14.5. The molecule has 3 heterocycles. The van der Waals surface area contributed by atoms with E-state index in [4.69, 9.17) is 0 Å². The second-order valence-electron chi connectivity index (χ2n) is 5.39. The summed E-state index contributed by atoms with van der Waals surface area (Å²) < 4.78 is 2.74. The van der Waals surface area contributed by atoms with Crippen molar-refractivity contribution in [2.45, 2.75) is 18.9 Å². The third-order valence-corrected chi connectivity index (χ3v) is 4.33. The average molecular weight is 352 g/mol. The van der Waals surface area contributed by atoms with Crippen LogP contribution in [-0.2, 0) is 7.05 Å². The molecule has 7 heteroatoms. The van der Waals surface area contributed by atoms with E-state index in [2.05, 4.69) is 35.8 Å². The maximum atomic E-state index is 10.6. The largest absolute Gasteiger partial charge is 0.385 e. The fourth-order valence-electron chi connectivity index (χ4n) is 2.79. The molecule has 1 fully saturated rings. The summed E-state index contributed by atoms with van der Waals surface area (Å²) in [5.41, 5.74) is 0. The lowest BCUT2D eigenvalue weighted by Gasteiger charge is -2.34. The fraction of sp³-hybridized carbons (Fsp3) is 0.500. The second-order valence-corrected chi connectivity index (χ2v) is 6.31. The van der Waals surface area contributed by atoms with E-state index < -0.39 is 6.10 Å². The Kier molecular flexibility index (Phi) is 4.21. The number of hydrogen-bond acceptors (Lipinski definition) is 5.